The van der Waals surface area contributed by atoms with Crippen molar-refractivity contribution >= 4 is 15.9 Å². The molecule has 0 unspecified atom stereocenters. The van der Waals surface area contributed by atoms with E-state index in [9.17, 15) is 4.39 Å². The van der Waals surface area contributed by atoms with Crippen LogP contribution in [0.4, 0.5) is 4.39 Å². The molecule has 14 heavy (non-hydrogen) atoms. The molecule has 0 bridgehead atoms. The monoisotopic (exact) mass is 256 g/mol. The van der Waals surface area contributed by atoms with Crippen LogP contribution in [-0.4, -0.2) is 0 Å². The predicted molar refractivity (Wildman–Crippen MR) is 60.0 cm³/mol. The van der Waals surface area contributed by atoms with Crippen molar-refractivity contribution in [1.29, 1.82) is 0 Å². The minimum absolute atomic E-state index is 0.676. The summed E-state index contributed by atoms with van der Waals surface area (Å²) in [6.45, 7) is 0. The zero-order valence-electron chi connectivity index (χ0n) is 8.10. The second kappa shape index (κ2) is 4.01. The van der Waals surface area contributed by atoms with Crippen LogP contribution in [0.2, 0.25) is 0 Å². The molecule has 76 valence electrons. The van der Waals surface area contributed by atoms with E-state index in [0.29, 0.717) is 12.8 Å². The molecule has 2 rings (SSSR count). The second-order valence-electron chi connectivity index (χ2n) is 4.01. The standard InChI is InChI=1S/C12H14BrF/c13-11-7-3-2-6-10(11)12(14)8-4-1-5-9-12/h2-3,6-7H,1,4-5,8-9H2. The Labute approximate surface area is 92.6 Å². The Hall–Kier alpha value is -0.370. The minimum Gasteiger partial charge on any atom is -0.239 e. The van der Waals surface area contributed by atoms with Crippen molar-refractivity contribution in [1.82, 2.24) is 0 Å². The fourth-order valence-electron chi connectivity index (χ4n) is 2.21. The van der Waals surface area contributed by atoms with E-state index in [1.54, 1.807) is 0 Å². The topological polar surface area (TPSA) is 0 Å². The Balaban J connectivity index is 2.32. The number of alkyl halides is 1. The van der Waals surface area contributed by atoms with E-state index in [-0.39, 0.29) is 0 Å². The molecule has 1 aliphatic rings. The minimum atomic E-state index is -1.08. The summed E-state index contributed by atoms with van der Waals surface area (Å²) in [7, 11) is 0. The molecule has 1 saturated carbocycles. The third-order valence-corrected chi connectivity index (χ3v) is 3.69. The molecular weight excluding hydrogens is 243 g/mol. The van der Waals surface area contributed by atoms with Gasteiger partial charge >= 0.3 is 0 Å². The summed E-state index contributed by atoms with van der Waals surface area (Å²) in [4.78, 5) is 0. The van der Waals surface area contributed by atoms with E-state index in [0.717, 1.165) is 22.9 Å². The first-order chi connectivity index (χ1) is 6.72. The Morgan fingerprint density at radius 2 is 1.71 bits per heavy atom. The lowest BCUT2D eigenvalue weighted by Crippen LogP contribution is -2.23. The second-order valence-corrected chi connectivity index (χ2v) is 4.86. The van der Waals surface area contributed by atoms with Crippen LogP contribution in [0.25, 0.3) is 0 Å². The third kappa shape index (κ3) is 1.85. The highest BCUT2D eigenvalue weighted by atomic mass is 79.9. The maximum Gasteiger partial charge on any atom is 0.137 e. The van der Waals surface area contributed by atoms with Gasteiger partial charge in [-0.2, -0.15) is 0 Å². The van der Waals surface area contributed by atoms with Gasteiger partial charge < -0.3 is 0 Å². The molecule has 0 aromatic heterocycles. The fourth-order valence-corrected chi connectivity index (χ4v) is 2.85. The summed E-state index contributed by atoms with van der Waals surface area (Å²) in [5, 5.41) is 0. The number of hydrogen-bond acceptors (Lipinski definition) is 0. The zero-order chi connectivity index (χ0) is 10.0. The zero-order valence-corrected chi connectivity index (χ0v) is 9.69. The summed E-state index contributed by atoms with van der Waals surface area (Å²) >= 11 is 3.43. The van der Waals surface area contributed by atoms with Gasteiger partial charge in [0.05, 0.1) is 0 Å². The highest BCUT2D eigenvalue weighted by Gasteiger charge is 2.34. The molecular formula is C12H14BrF. The van der Waals surface area contributed by atoms with Crippen molar-refractivity contribution in [3.8, 4) is 0 Å². The Bertz CT molecular complexity index is 316. The average Bonchev–Trinajstić information content (AvgIpc) is 2.19. The number of hydrogen-bond donors (Lipinski definition) is 0. The summed E-state index contributed by atoms with van der Waals surface area (Å²) in [5.41, 5.74) is -0.252. The smallest absolute Gasteiger partial charge is 0.137 e. The lowest BCUT2D eigenvalue weighted by molar-refractivity contribution is 0.105. The van der Waals surface area contributed by atoms with Crippen molar-refractivity contribution in [2.24, 2.45) is 0 Å². The van der Waals surface area contributed by atoms with Gasteiger partial charge in [-0.3, -0.25) is 0 Å². The highest BCUT2D eigenvalue weighted by Crippen LogP contribution is 2.43. The van der Waals surface area contributed by atoms with Gasteiger partial charge in [0.25, 0.3) is 0 Å². The Morgan fingerprint density at radius 3 is 2.36 bits per heavy atom. The van der Waals surface area contributed by atoms with Crippen LogP contribution < -0.4 is 0 Å². The van der Waals surface area contributed by atoms with E-state index >= 15 is 0 Å². The molecule has 0 N–H and O–H groups in total. The molecule has 1 aromatic carbocycles. The van der Waals surface area contributed by atoms with Gasteiger partial charge in [0.1, 0.15) is 5.67 Å². The highest BCUT2D eigenvalue weighted by molar-refractivity contribution is 9.10. The average molecular weight is 257 g/mol. The van der Waals surface area contributed by atoms with Gasteiger partial charge in [-0.05, 0) is 31.7 Å². The molecule has 0 spiro atoms. The molecule has 0 radical (unpaired) electrons. The molecule has 1 fully saturated rings. The van der Waals surface area contributed by atoms with Crippen LogP contribution in [0.5, 0.6) is 0 Å². The summed E-state index contributed by atoms with van der Waals surface area (Å²) in [5.74, 6) is 0. The first-order valence-corrected chi connectivity index (χ1v) is 5.96. The first-order valence-electron chi connectivity index (χ1n) is 5.16. The number of rotatable bonds is 1. The van der Waals surface area contributed by atoms with Gasteiger partial charge in [0.15, 0.2) is 0 Å². The van der Waals surface area contributed by atoms with Crippen molar-refractivity contribution in [3.05, 3.63) is 34.3 Å². The molecule has 0 saturated heterocycles. The van der Waals surface area contributed by atoms with Gasteiger partial charge in [-0.25, -0.2) is 4.39 Å². The van der Waals surface area contributed by atoms with E-state index in [4.69, 9.17) is 0 Å². The van der Waals surface area contributed by atoms with Gasteiger partial charge in [0, 0.05) is 10.0 Å². The van der Waals surface area contributed by atoms with Crippen LogP contribution in [-0.2, 0) is 5.67 Å². The molecule has 0 atom stereocenters. The molecule has 2 heteroatoms. The van der Waals surface area contributed by atoms with Crippen molar-refractivity contribution in [2.75, 3.05) is 0 Å². The van der Waals surface area contributed by atoms with Crippen molar-refractivity contribution < 1.29 is 4.39 Å². The largest absolute Gasteiger partial charge is 0.239 e. The van der Waals surface area contributed by atoms with Gasteiger partial charge in [0.2, 0.25) is 0 Å². The predicted octanol–water partition coefficient (Wildman–Crippen LogP) is 4.58. The van der Waals surface area contributed by atoms with Crippen molar-refractivity contribution in [2.45, 2.75) is 37.8 Å². The van der Waals surface area contributed by atoms with E-state index in [2.05, 4.69) is 15.9 Å². The van der Waals surface area contributed by atoms with Crippen molar-refractivity contribution in [3.63, 3.8) is 0 Å². The van der Waals surface area contributed by atoms with E-state index in [1.165, 1.54) is 6.42 Å². The third-order valence-electron chi connectivity index (χ3n) is 3.00. The molecule has 0 heterocycles. The maximum atomic E-state index is 14.5. The SMILES string of the molecule is FC1(c2ccccc2Br)CCCCC1. The quantitative estimate of drug-likeness (QED) is 0.690. The molecule has 0 nitrogen and oxygen atoms in total. The van der Waals surface area contributed by atoms with Crippen LogP contribution in [0.1, 0.15) is 37.7 Å². The molecule has 1 aromatic rings. The number of benzene rings is 1. The normalized spacial score (nSPS) is 20.7. The van der Waals surface area contributed by atoms with Gasteiger partial charge in [-0.1, -0.05) is 40.5 Å². The maximum absolute atomic E-state index is 14.5. The Morgan fingerprint density at radius 1 is 1.07 bits per heavy atom. The first kappa shape index (κ1) is 10.2. The summed E-state index contributed by atoms with van der Waals surface area (Å²) < 4.78 is 15.4. The van der Waals surface area contributed by atoms with E-state index < -0.39 is 5.67 Å². The lowest BCUT2D eigenvalue weighted by atomic mass is 9.81. The lowest BCUT2D eigenvalue weighted by Gasteiger charge is -2.30. The molecule has 1 aliphatic carbocycles. The molecule has 0 amide bonds. The molecule has 0 aliphatic heterocycles. The van der Waals surface area contributed by atoms with Gasteiger partial charge in [-0.15, -0.1) is 0 Å². The van der Waals surface area contributed by atoms with Crippen LogP contribution in [0, 0.1) is 0 Å². The van der Waals surface area contributed by atoms with Crippen LogP contribution >= 0.6 is 15.9 Å². The van der Waals surface area contributed by atoms with Crippen LogP contribution in [0.15, 0.2) is 28.7 Å². The summed E-state index contributed by atoms with van der Waals surface area (Å²) in [6.07, 6.45) is 4.55. The fraction of sp³-hybridized carbons (Fsp3) is 0.500. The summed E-state index contributed by atoms with van der Waals surface area (Å²) in [6, 6.07) is 7.66. The van der Waals surface area contributed by atoms with E-state index in [1.807, 2.05) is 24.3 Å². The van der Waals surface area contributed by atoms with Crippen LogP contribution in [0.3, 0.4) is 0 Å². The Kier molecular flexibility index (Phi) is 2.91. The number of halogens is 2.